The maximum absolute atomic E-state index is 12.7. The minimum absolute atomic E-state index is 0.0670. The number of ether oxygens (including phenoxy) is 1. The van der Waals surface area contributed by atoms with Crippen LogP contribution in [0.3, 0.4) is 0 Å². The molecule has 1 amide bonds. The molecular formula is C22H25NO5. The molecule has 0 aromatic heterocycles. The summed E-state index contributed by atoms with van der Waals surface area (Å²) >= 11 is 0. The van der Waals surface area contributed by atoms with Crippen molar-refractivity contribution in [2.24, 2.45) is 5.92 Å². The van der Waals surface area contributed by atoms with Gasteiger partial charge in [-0.05, 0) is 30.4 Å². The third kappa shape index (κ3) is 4.02. The Bertz CT molecular complexity index is 810. The lowest BCUT2D eigenvalue weighted by Crippen LogP contribution is -2.54. The zero-order valence-electron chi connectivity index (χ0n) is 15.8. The number of carboxylic acid groups (broad SMARTS) is 1. The molecule has 0 spiro atoms. The fraction of sp³-hybridized carbons (Fsp3) is 0.364. The van der Waals surface area contributed by atoms with Gasteiger partial charge in [0.25, 0.3) is 0 Å². The van der Waals surface area contributed by atoms with Gasteiger partial charge in [-0.15, -0.1) is 0 Å². The standard InChI is InChI=1S/C22H25NO5/c1-2-22(27)18(13-16-9-5-3-6-10-16)14-19(23(22)21(25)26)20(24)28-15-17-11-7-4-8-12-17/h3-12,18-19,27H,2,13-15H2,1H3,(H,25,26)/t18-,19+,22?/m0/s1. The first-order valence-electron chi connectivity index (χ1n) is 9.44. The van der Waals surface area contributed by atoms with Crippen molar-refractivity contribution in [2.75, 3.05) is 0 Å². The van der Waals surface area contributed by atoms with E-state index in [0.717, 1.165) is 16.0 Å². The molecule has 1 aliphatic heterocycles. The molecule has 1 heterocycles. The summed E-state index contributed by atoms with van der Waals surface area (Å²) < 4.78 is 5.37. The highest BCUT2D eigenvalue weighted by molar-refractivity contribution is 5.82. The Morgan fingerprint density at radius 1 is 1.07 bits per heavy atom. The molecule has 1 fully saturated rings. The number of rotatable bonds is 6. The molecule has 1 aliphatic rings. The lowest BCUT2D eigenvalue weighted by molar-refractivity contribution is -0.157. The van der Waals surface area contributed by atoms with E-state index in [2.05, 4.69) is 0 Å². The van der Waals surface area contributed by atoms with Crippen LogP contribution in [0.1, 0.15) is 30.9 Å². The van der Waals surface area contributed by atoms with Crippen LogP contribution in [0.15, 0.2) is 60.7 Å². The minimum Gasteiger partial charge on any atom is -0.465 e. The van der Waals surface area contributed by atoms with Crippen LogP contribution >= 0.6 is 0 Å². The van der Waals surface area contributed by atoms with Gasteiger partial charge in [0, 0.05) is 5.92 Å². The number of hydrogen-bond donors (Lipinski definition) is 2. The third-order valence-electron chi connectivity index (χ3n) is 5.44. The summed E-state index contributed by atoms with van der Waals surface area (Å²) in [6, 6.07) is 17.7. The second kappa shape index (κ2) is 8.44. The molecule has 3 rings (SSSR count). The highest BCUT2D eigenvalue weighted by atomic mass is 16.5. The molecular weight excluding hydrogens is 358 g/mol. The van der Waals surface area contributed by atoms with E-state index in [9.17, 15) is 19.8 Å². The number of aliphatic hydroxyl groups is 1. The van der Waals surface area contributed by atoms with Crippen LogP contribution in [0.4, 0.5) is 4.79 Å². The monoisotopic (exact) mass is 383 g/mol. The number of nitrogens with zero attached hydrogens (tertiary/aromatic N) is 1. The van der Waals surface area contributed by atoms with Crippen molar-refractivity contribution >= 4 is 12.1 Å². The maximum Gasteiger partial charge on any atom is 0.410 e. The first-order chi connectivity index (χ1) is 13.5. The van der Waals surface area contributed by atoms with Gasteiger partial charge in [0.15, 0.2) is 0 Å². The van der Waals surface area contributed by atoms with Gasteiger partial charge in [0.05, 0.1) is 0 Å². The predicted octanol–water partition coefficient (Wildman–Crippen LogP) is 3.44. The number of hydrogen-bond acceptors (Lipinski definition) is 4. The van der Waals surface area contributed by atoms with Crippen LogP contribution in [0.2, 0.25) is 0 Å². The number of carbonyl (C=O) groups is 2. The van der Waals surface area contributed by atoms with Gasteiger partial charge >= 0.3 is 12.1 Å². The normalized spacial score (nSPS) is 24.1. The van der Waals surface area contributed by atoms with E-state index in [-0.39, 0.29) is 19.4 Å². The Morgan fingerprint density at radius 3 is 2.18 bits per heavy atom. The van der Waals surface area contributed by atoms with E-state index in [1.807, 2.05) is 60.7 Å². The molecule has 1 saturated heterocycles. The van der Waals surface area contributed by atoms with E-state index >= 15 is 0 Å². The van der Waals surface area contributed by atoms with E-state index in [1.165, 1.54) is 0 Å². The van der Waals surface area contributed by atoms with E-state index in [4.69, 9.17) is 4.74 Å². The van der Waals surface area contributed by atoms with Gasteiger partial charge in [-0.1, -0.05) is 67.6 Å². The largest absolute Gasteiger partial charge is 0.465 e. The van der Waals surface area contributed by atoms with Crippen LogP contribution in [0, 0.1) is 5.92 Å². The van der Waals surface area contributed by atoms with E-state index in [0.29, 0.717) is 6.42 Å². The number of likely N-dealkylation sites (tertiary alicyclic amines) is 1. The molecule has 2 N–H and O–H groups in total. The summed E-state index contributed by atoms with van der Waals surface area (Å²) in [5.41, 5.74) is 0.198. The molecule has 6 nitrogen and oxygen atoms in total. The average Bonchev–Trinajstić information content (AvgIpc) is 3.01. The van der Waals surface area contributed by atoms with Crippen LogP contribution in [0.25, 0.3) is 0 Å². The van der Waals surface area contributed by atoms with Crippen LogP contribution in [-0.2, 0) is 22.6 Å². The molecule has 3 atom stereocenters. The Morgan fingerprint density at radius 2 is 1.64 bits per heavy atom. The summed E-state index contributed by atoms with van der Waals surface area (Å²) in [5.74, 6) is -1.03. The van der Waals surface area contributed by atoms with E-state index in [1.54, 1.807) is 6.92 Å². The molecule has 28 heavy (non-hydrogen) atoms. The quantitative estimate of drug-likeness (QED) is 0.746. The lowest BCUT2D eigenvalue weighted by Gasteiger charge is -2.36. The summed E-state index contributed by atoms with van der Waals surface area (Å²) in [5, 5.41) is 20.9. The van der Waals surface area contributed by atoms with Gasteiger partial charge in [-0.2, -0.15) is 0 Å². The average molecular weight is 383 g/mol. The molecule has 6 heteroatoms. The molecule has 0 saturated carbocycles. The van der Waals surface area contributed by atoms with Gasteiger partial charge in [-0.25, -0.2) is 9.59 Å². The number of carbonyl (C=O) groups excluding carboxylic acids is 1. The van der Waals surface area contributed by atoms with Gasteiger partial charge in [0.1, 0.15) is 18.4 Å². The minimum atomic E-state index is -1.61. The van der Waals surface area contributed by atoms with Gasteiger partial charge < -0.3 is 14.9 Å². The Kier molecular flexibility index (Phi) is 5.99. The van der Waals surface area contributed by atoms with Crippen molar-refractivity contribution in [1.82, 2.24) is 4.90 Å². The van der Waals surface area contributed by atoms with Crippen LogP contribution in [0.5, 0.6) is 0 Å². The zero-order valence-corrected chi connectivity index (χ0v) is 15.8. The van der Waals surface area contributed by atoms with Crippen molar-refractivity contribution in [2.45, 2.75) is 44.6 Å². The zero-order chi connectivity index (χ0) is 20.1. The van der Waals surface area contributed by atoms with Crippen molar-refractivity contribution in [3.8, 4) is 0 Å². The maximum atomic E-state index is 12.7. The molecule has 2 aromatic rings. The predicted molar refractivity (Wildman–Crippen MR) is 103 cm³/mol. The number of benzene rings is 2. The molecule has 148 valence electrons. The number of esters is 1. The molecule has 0 bridgehead atoms. The molecule has 1 unspecified atom stereocenters. The van der Waals surface area contributed by atoms with Crippen molar-refractivity contribution < 1.29 is 24.5 Å². The van der Waals surface area contributed by atoms with Crippen molar-refractivity contribution in [3.63, 3.8) is 0 Å². The first kappa shape index (κ1) is 19.9. The number of amides is 1. The van der Waals surface area contributed by atoms with Crippen LogP contribution < -0.4 is 0 Å². The van der Waals surface area contributed by atoms with Gasteiger partial charge in [0.2, 0.25) is 0 Å². The summed E-state index contributed by atoms with van der Waals surface area (Å²) in [7, 11) is 0. The first-order valence-corrected chi connectivity index (χ1v) is 9.44. The highest BCUT2D eigenvalue weighted by Gasteiger charge is 2.56. The second-order valence-corrected chi connectivity index (χ2v) is 7.12. The molecule has 2 aromatic carbocycles. The summed E-state index contributed by atoms with van der Waals surface area (Å²) in [6.07, 6.45) is -0.419. The highest BCUT2D eigenvalue weighted by Crippen LogP contribution is 2.42. The SMILES string of the molecule is CCC1(O)[C@@H](Cc2ccccc2)C[C@H](C(=O)OCc2ccccc2)N1C(=O)O. The molecule has 0 aliphatic carbocycles. The van der Waals surface area contributed by atoms with E-state index < -0.39 is 29.7 Å². The Labute approximate surface area is 164 Å². The fourth-order valence-electron chi connectivity index (χ4n) is 3.96. The Balaban J connectivity index is 1.79. The van der Waals surface area contributed by atoms with Crippen molar-refractivity contribution in [3.05, 3.63) is 71.8 Å². The smallest absolute Gasteiger partial charge is 0.410 e. The van der Waals surface area contributed by atoms with Crippen molar-refractivity contribution in [1.29, 1.82) is 0 Å². The summed E-state index contributed by atoms with van der Waals surface area (Å²) in [4.78, 5) is 25.5. The topological polar surface area (TPSA) is 87.1 Å². The molecule has 0 radical (unpaired) electrons. The van der Waals surface area contributed by atoms with Crippen LogP contribution in [-0.4, -0.2) is 38.9 Å². The van der Waals surface area contributed by atoms with Gasteiger partial charge in [-0.3, -0.25) is 4.90 Å². The second-order valence-electron chi connectivity index (χ2n) is 7.12. The Hall–Kier alpha value is -2.86. The summed E-state index contributed by atoms with van der Waals surface area (Å²) in [6.45, 7) is 1.79. The fourth-order valence-corrected chi connectivity index (χ4v) is 3.96. The third-order valence-corrected chi connectivity index (χ3v) is 5.44. The lowest BCUT2D eigenvalue weighted by atomic mass is 9.87.